The van der Waals surface area contributed by atoms with Gasteiger partial charge in [0.1, 0.15) is 5.82 Å². The topological polar surface area (TPSA) is 21.1 Å². The number of nitrogens with zero attached hydrogens (tertiary/aromatic N) is 3. The number of benzene rings is 1. The summed E-state index contributed by atoms with van der Waals surface area (Å²) in [5, 5.41) is 5.22. The Morgan fingerprint density at radius 2 is 1.89 bits per heavy atom. The minimum absolute atomic E-state index is 0.203. The molecule has 0 radical (unpaired) electrons. The highest BCUT2D eigenvalue weighted by Gasteiger charge is 2.06. The van der Waals surface area contributed by atoms with Gasteiger partial charge in [-0.3, -0.25) is 4.68 Å². The van der Waals surface area contributed by atoms with Crippen LogP contribution in [-0.2, 0) is 6.54 Å². The predicted octanol–water partition coefficient (Wildman–Crippen LogP) is 3.30. The van der Waals surface area contributed by atoms with Gasteiger partial charge >= 0.3 is 0 Å². The number of hydrogen-bond acceptors (Lipinski definition) is 2. The molecule has 2 aromatic rings. The van der Waals surface area contributed by atoms with E-state index in [9.17, 15) is 4.39 Å². The van der Waals surface area contributed by atoms with Gasteiger partial charge in [-0.2, -0.15) is 5.10 Å². The molecule has 0 amide bonds. The number of fused-ring (bicyclic) bond motifs is 1. The van der Waals surface area contributed by atoms with Crippen molar-refractivity contribution in [1.29, 1.82) is 0 Å². The van der Waals surface area contributed by atoms with Crippen molar-refractivity contribution in [1.82, 2.24) is 14.7 Å². The number of halogens is 1. The molecule has 0 saturated heterocycles. The molecule has 0 aliphatic rings. The van der Waals surface area contributed by atoms with Crippen LogP contribution in [0.5, 0.6) is 0 Å². The summed E-state index contributed by atoms with van der Waals surface area (Å²) in [7, 11) is 0. The third-order valence-electron chi connectivity index (χ3n) is 3.31. The Kier molecular flexibility index (Phi) is 4.91. The van der Waals surface area contributed by atoms with Crippen molar-refractivity contribution in [2.75, 3.05) is 19.6 Å². The van der Waals surface area contributed by atoms with E-state index < -0.39 is 0 Å². The summed E-state index contributed by atoms with van der Waals surface area (Å²) in [5.41, 5.74) is 1.01. The van der Waals surface area contributed by atoms with Gasteiger partial charge in [0.05, 0.1) is 18.3 Å². The Balaban J connectivity index is 2.04. The molecule has 1 aromatic carbocycles. The summed E-state index contributed by atoms with van der Waals surface area (Å²) in [5.74, 6) is -0.203. The van der Waals surface area contributed by atoms with Crippen molar-refractivity contribution in [3.8, 4) is 0 Å². The van der Waals surface area contributed by atoms with Crippen LogP contribution < -0.4 is 0 Å². The first-order chi connectivity index (χ1) is 9.24. The summed E-state index contributed by atoms with van der Waals surface area (Å²) in [4.78, 5) is 2.46. The molecule has 0 N–H and O–H groups in total. The normalized spacial score (nSPS) is 11.6. The highest BCUT2D eigenvalue weighted by Crippen LogP contribution is 2.15. The molecule has 0 unspecified atom stereocenters. The van der Waals surface area contributed by atoms with Crippen molar-refractivity contribution < 1.29 is 4.39 Å². The molecular weight excluding hydrogens is 241 g/mol. The van der Waals surface area contributed by atoms with Gasteiger partial charge in [0.15, 0.2) is 0 Å². The SMILES string of the molecule is CCCN(CCC)CCn1ncc2cc(F)ccc21. The molecule has 0 fully saturated rings. The molecule has 4 heteroatoms. The molecule has 1 heterocycles. The van der Waals surface area contributed by atoms with E-state index in [2.05, 4.69) is 23.8 Å². The Morgan fingerprint density at radius 1 is 1.16 bits per heavy atom. The smallest absolute Gasteiger partial charge is 0.124 e. The van der Waals surface area contributed by atoms with Gasteiger partial charge < -0.3 is 4.90 Å². The Labute approximate surface area is 114 Å². The molecule has 0 atom stereocenters. The van der Waals surface area contributed by atoms with Crippen LogP contribution in [0.15, 0.2) is 24.4 Å². The highest BCUT2D eigenvalue weighted by molar-refractivity contribution is 5.78. The van der Waals surface area contributed by atoms with E-state index in [1.165, 1.54) is 25.0 Å². The van der Waals surface area contributed by atoms with E-state index in [4.69, 9.17) is 0 Å². The standard InChI is InChI=1S/C15H22FN3/c1-3-7-18(8-4-2)9-10-19-15-6-5-14(16)11-13(15)12-17-19/h5-6,11-12H,3-4,7-10H2,1-2H3. The second-order valence-electron chi connectivity index (χ2n) is 4.91. The molecule has 0 saturated carbocycles. The maximum absolute atomic E-state index is 13.1. The highest BCUT2D eigenvalue weighted by atomic mass is 19.1. The average molecular weight is 263 g/mol. The first-order valence-electron chi connectivity index (χ1n) is 7.08. The van der Waals surface area contributed by atoms with Gasteiger partial charge in [0, 0.05) is 11.9 Å². The number of rotatable bonds is 7. The third kappa shape index (κ3) is 3.53. The van der Waals surface area contributed by atoms with E-state index in [-0.39, 0.29) is 5.82 Å². The second kappa shape index (κ2) is 6.66. The van der Waals surface area contributed by atoms with E-state index >= 15 is 0 Å². The van der Waals surface area contributed by atoms with Crippen molar-refractivity contribution >= 4 is 10.9 Å². The molecule has 0 bridgehead atoms. The molecule has 2 rings (SSSR count). The lowest BCUT2D eigenvalue weighted by atomic mass is 10.2. The van der Waals surface area contributed by atoms with Gasteiger partial charge in [-0.15, -0.1) is 0 Å². The Bertz CT molecular complexity index is 515. The summed E-state index contributed by atoms with van der Waals surface area (Å²) in [6.07, 6.45) is 4.08. The zero-order chi connectivity index (χ0) is 13.7. The molecule has 0 aliphatic heterocycles. The van der Waals surface area contributed by atoms with Crippen LogP contribution in [-0.4, -0.2) is 34.3 Å². The minimum Gasteiger partial charge on any atom is -0.302 e. The lowest BCUT2D eigenvalue weighted by Gasteiger charge is -2.20. The van der Waals surface area contributed by atoms with Gasteiger partial charge in [-0.05, 0) is 44.1 Å². The van der Waals surface area contributed by atoms with Crippen molar-refractivity contribution in [2.24, 2.45) is 0 Å². The van der Waals surface area contributed by atoms with E-state index in [0.29, 0.717) is 0 Å². The van der Waals surface area contributed by atoms with Crippen LogP contribution in [0.1, 0.15) is 26.7 Å². The largest absolute Gasteiger partial charge is 0.302 e. The van der Waals surface area contributed by atoms with Crippen molar-refractivity contribution in [2.45, 2.75) is 33.2 Å². The van der Waals surface area contributed by atoms with Crippen molar-refractivity contribution in [3.63, 3.8) is 0 Å². The van der Waals surface area contributed by atoms with Gasteiger partial charge in [0.2, 0.25) is 0 Å². The van der Waals surface area contributed by atoms with Crippen LogP contribution >= 0.6 is 0 Å². The van der Waals surface area contributed by atoms with Gasteiger partial charge in [0.25, 0.3) is 0 Å². The van der Waals surface area contributed by atoms with Crippen LogP contribution in [0, 0.1) is 5.82 Å². The first kappa shape index (κ1) is 14.0. The zero-order valence-corrected chi connectivity index (χ0v) is 11.8. The molecular formula is C15H22FN3. The summed E-state index contributed by atoms with van der Waals surface area (Å²) < 4.78 is 15.1. The molecule has 104 valence electrons. The van der Waals surface area contributed by atoms with E-state index in [1.807, 2.05) is 10.7 Å². The number of aromatic nitrogens is 2. The van der Waals surface area contributed by atoms with Crippen molar-refractivity contribution in [3.05, 3.63) is 30.2 Å². The van der Waals surface area contributed by atoms with Crippen LogP contribution in [0.4, 0.5) is 4.39 Å². The quantitative estimate of drug-likeness (QED) is 0.764. The minimum atomic E-state index is -0.203. The summed E-state index contributed by atoms with van der Waals surface area (Å²) in [6.45, 7) is 8.51. The summed E-state index contributed by atoms with van der Waals surface area (Å²) >= 11 is 0. The predicted molar refractivity (Wildman–Crippen MR) is 76.7 cm³/mol. The molecule has 0 aliphatic carbocycles. The van der Waals surface area contributed by atoms with Crippen LogP contribution in [0.3, 0.4) is 0 Å². The third-order valence-corrected chi connectivity index (χ3v) is 3.31. The van der Waals surface area contributed by atoms with E-state index in [1.54, 1.807) is 6.20 Å². The van der Waals surface area contributed by atoms with Crippen LogP contribution in [0.2, 0.25) is 0 Å². The molecule has 0 spiro atoms. The maximum Gasteiger partial charge on any atom is 0.124 e. The first-order valence-corrected chi connectivity index (χ1v) is 7.08. The Hall–Kier alpha value is -1.42. The zero-order valence-electron chi connectivity index (χ0n) is 11.8. The lowest BCUT2D eigenvalue weighted by molar-refractivity contribution is 0.261. The fraction of sp³-hybridized carbons (Fsp3) is 0.533. The van der Waals surface area contributed by atoms with Gasteiger partial charge in [-0.1, -0.05) is 13.8 Å². The average Bonchev–Trinajstić information content (AvgIpc) is 2.78. The lowest BCUT2D eigenvalue weighted by Crippen LogP contribution is -2.29. The van der Waals surface area contributed by atoms with Gasteiger partial charge in [-0.25, -0.2) is 4.39 Å². The molecule has 3 nitrogen and oxygen atoms in total. The Morgan fingerprint density at radius 3 is 2.58 bits per heavy atom. The molecule has 19 heavy (non-hydrogen) atoms. The molecule has 1 aromatic heterocycles. The fourth-order valence-corrected chi connectivity index (χ4v) is 2.44. The van der Waals surface area contributed by atoms with Crippen LogP contribution in [0.25, 0.3) is 10.9 Å². The second-order valence-corrected chi connectivity index (χ2v) is 4.91. The van der Waals surface area contributed by atoms with E-state index in [0.717, 1.165) is 37.1 Å². The summed E-state index contributed by atoms with van der Waals surface area (Å²) in [6, 6.07) is 4.84. The fourth-order valence-electron chi connectivity index (χ4n) is 2.44. The monoisotopic (exact) mass is 263 g/mol. The number of hydrogen-bond donors (Lipinski definition) is 0. The maximum atomic E-state index is 13.1.